The van der Waals surface area contributed by atoms with Gasteiger partial charge in [-0.3, -0.25) is 9.59 Å². The van der Waals surface area contributed by atoms with Crippen molar-refractivity contribution in [1.29, 1.82) is 0 Å². The lowest BCUT2D eigenvalue weighted by molar-refractivity contribution is -0.143. The highest BCUT2D eigenvalue weighted by molar-refractivity contribution is 6.44. The third kappa shape index (κ3) is 5.52. The summed E-state index contributed by atoms with van der Waals surface area (Å²) in [5.41, 5.74) is -4.09. The second kappa shape index (κ2) is 7.88. The molecular formula is C16H8Cl2F6N2O2. The number of nitrogens with one attached hydrogen (secondary N) is 2. The highest BCUT2D eigenvalue weighted by atomic mass is 35.5. The van der Waals surface area contributed by atoms with Crippen LogP contribution in [0.2, 0.25) is 10.0 Å². The molecule has 0 heterocycles. The first-order valence-corrected chi connectivity index (χ1v) is 7.90. The Morgan fingerprint density at radius 2 is 1.14 bits per heavy atom. The number of rotatable bonds is 2. The third-order valence-corrected chi connectivity index (χ3v) is 3.97. The number of hydrogen-bond donors (Lipinski definition) is 2. The van der Waals surface area contributed by atoms with Gasteiger partial charge in [0, 0.05) is 11.4 Å². The zero-order valence-corrected chi connectivity index (χ0v) is 14.8. The molecule has 0 unspecified atom stereocenters. The molecule has 0 saturated carbocycles. The molecular weight excluding hydrogens is 437 g/mol. The van der Waals surface area contributed by atoms with Crippen LogP contribution in [0.25, 0.3) is 0 Å². The van der Waals surface area contributed by atoms with E-state index in [4.69, 9.17) is 23.2 Å². The van der Waals surface area contributed by atoms with Gasteiger partial charge >= 0.3 is 24.2 Å². The van der Waals surface area contributed by atoms with Gasteiger partial charge in [-0.05, 0) is 36.4 Å². The molecule has 0 aromatic heterocycles. The number of alkyl halides is 6. The largest absolute Gasteiger partial charge is 0.416 e. The molecule has 0 bridgehead atoms. The summed E-state index contributed by atoms with van der Waals surface area (Å²) in [6.45, 7) is 0. The normalized spacial score (nSPS) is 11.9. The van der Waals surface area contributed by atoms with E-state index in [-0.39, 0.29) is 33.9 Å². The average Bonchev–Trinajstić information content (AvgIpc) is 2.56. The molecule has 2 amide bonds. The van der Waals surface area contributed by atoms with Crippen LogP contribution in [0.4, 0.5) is 37.7 Å². The monoisotopic (exact) mass is 444 g/mol. The van der Waals surface area contributed by atoms with Crippen molar-refractivity contribution < 1.29 is 35.9 Å². The summed E-state index contributed by atoms with van der Waals surface area (Å²) >= 11 is 11.4. The van der Waals surface area contributed by atoms with Gasteiger partial charge in [-0.25, -0.2) is 0 Å². The summed E-state index contributed by atoms with van der Waals surface area (Å²) < 4.78 is 76.8. The van der Waals surface area contributed by atoms with Gasteiger partial charge in [0.1, 0.15) is 0 Å². The summed E-state index contributed by atoms with van der Waals surface area (Å²) in [7, 11) is 0. The minimum absolute atomic E-state index is 0.0366. The minimum Gasteiger partial charge on any atom is -0.318 e. The lowest BCUT2D eigenvalue weighted by atomic mass is 10.1. The van der Waals surface area contributed by atoms with Gasteiger partial charge in [-0.1, -0.05) is 23.2 Å². The Morgan fingerprint density at radius 3 is 1.57 bits per heavy atom. The molecule has 0 aliphatic heterocycles. The zero-order chi connectivity index (χ0) is 21.3. The fourth-order valence-electron chi connectivity index (χ4n) is 1.98. The van der Waals surface area contributed by atoms with Crippen LogP contribution in [0, 0.1) is 0 Å². The van der Waals surface area contributed by atoms with Gasteiger partial charge in [0.25, 0.3) is 0 Å². The summed E-state index contributed by atoms with van der Waals surface area (Å²) in [6, 6.07) is 4.23. The van der Waals surface area contributed by atoms with Gasteiger partial charge in [-0.2, -0.15) is 26.3 Å². The maximum atomic E-state index is 12.8. The van der Waals surface area contributed by atoms with E-state index in [1.54, 1.807) is 5.32 Å². The van der Waals surface area contributed by atoms with Gasteiger partial charge < -0.3 is 10.6 Å². The predicted molar refractivity (Wildman–Crippen MR) is 90.2 cm³/mol. The average molecular weight is 445 g/mol. The summed E-state index contributed by atoms with van der Waals surface area (Å²) in [4.78, 5) is 23.7. The maximum Gasteiger partial charge on any atom is 0.416 e. The maximum absolute atomic E-state index is 12.8. The van der Waals surface area contributed by atoms with Crippen LogP contribution < -0.4 is 10.6 Å². The van der Waals surface area contributed by atoms with E-state index in [1.807, 2.05) is 0 Å². The number of amides is 2. The number of halogens is 8. The van der Waals surface area contributed by atoms with Gasteiger partial charge in [-0.15, -0.1) is 0 Å². The number of carbonyl (C=O) groups is 2. The Hall–Kier alpha value is -2.46. The van der Waals surface area contributed by atoms with E-state index in [9.17, 15) is 35.9 Å². The van der Waals surface area contributed by atoms with Crippen molar-refractivity contribution in [3.05, 3.63) is 57.6 Å². The molecule has 2 rings (SSSR count). The van der Waals surface area contributed by atoms with Crippen molar-refractivity contribution in [2.24, 2.45) is 0 Å². The molecule has 0 spiro atoms. The zero-order valence-electron chi connectivity index (χ0n) is 13.3. The molecule has 0 fully saturated rings. The molecule has 0 aliphatic carbocycles. The first kappa shape index (κ1) is 21.8. The minimum atomic E-state index is -5.09. The number of anilines is 2. The van der Waals surface area contributed by atoms with Crippen molar-refractivity contribution in [3.8, 4) is 0 Å². The van der Waals surface area contributed by atoms with E-state index in [2.05, 4.69) is 5.32 Å². The Labute approximate surface area is 163 Å². The van der Waals surface area contributed by atoms with Crippen LogP contribution in [0.1, 0.15) is 11.1 Å². The Morgan fingerprint density at radius 1 is 0.679 bits per heavy atom. The highest BCUT2D eigenvalue weighted by Gasteiger charge is 2.37. The van der Waals surface area contributed by atoms with Crippen molar-refractivity contribution >= 4 is 46.4 Å². The number of benzene rings is 2. The summed E-state index contributed by atoms with van der Waals surface area (Å²) in [5.74, 6) is -2.83. The smallest absolute Gasteiger partial charge is 0.318 e. The molecule has 4 nitrogen and oxygen atoms in total. The molecule has 0 radical (unpaired) electrons. The highest BCUT2D eigenvalue weighted by Crippen LogP contribution is 2.37. The van der Waals surface area contributed by atoms with Crippen molar-refractivity contribution in [2.45, 2.75) is 12.4 Å². The first-order chi connectivity index (χ1) is 12.8. The summed E-state index contributed by atoms with van der Waals surface area (Å²) in [6.07, 6.45) is -10.2. The fraction of sp³-hybridized carbons (Fsp3) is 0.125. The van der Waals surface area contributed by atoms with Crippen LogP contribution in [0.15, 0.2) is 36.4 Å². The van der Waals surface area contributed by atoms with Gasteiger partial charge in [0.05, 0.1) is 21.2 Å². The third-order valence-electron chi connectivity index (χ3n) is 3.23. The molecule has 2 aromatic carbocycles. The molecule has 2 N–H and O–H groups in total. The van der Waals surface area contributed by atoms with E-state index < -0.39 is 41.0 Å². The second-order valence-electron chi connectivity index (χ2n) is 5.33. The molecule has 12 heteroatoms. The Kier molecular flexibility index (Phi) is 6.15. The van der Waals surface area contributed by atoms with E-state index >= 15 is 0 Å². The SMILES string of the molecule is O=C(Nc1cc(C(F)(F)F)cc(C(F)(F)F)c1)C(=O)Nc1ccc(Cl)c(Cl)c1. The predicted octanol–water partition coefficient (Wildman–Crippen LogP) is 5.61. The van der Waals surface area contributed by atoms with Crippen molar-refractivity contribution in [2.75, 3.05) is 10.6 Å². The van der Waals surface area contributed by atoms with Crippen LogP contribution in [0.5, 0.6) is 0 Å². The molecule has 2 aromatic rings. The van der Waals surface area contributed by atoms with Crippen molar-refractivity contribution in [3.63, 3.8) is 0 Å². The first-order valence-electron chi connectivity index (χ1n) is 7.14. The van der Waals surface area contributed by atoms with Gasteiger partial charge in [0.2, 0.25) is 0 Å². The molecule has 28 heavy (non-hydrogen) atoms. The molecule has 0 aliphatic rings. The van der Waals surface area contributed by atoms with E-state index in [0.717, 1.165) is 0 Å². The molecule has 150 valence electrons. The van der Waals surface area contributed by atoms with E-state index in [1.165, 1.54) is 18.2 Å². The van der Waals surface area contributed by atoms with Crippen LogP contribution in [0.3, 0.4) is 0 Å². The molecule has 0 atom stereocenters. The lowest BCUT2D eigenvalue weighted by Gasteiger charge is -2.14. The standard InChI is InChI=1S/C16H8Cl2F6N2O2/c17-11-2-1-9(6-12(11)18)25-13(27)14(28)26-10-4-7(15(19,20)21)3-8(5-10)16(22,23)24/h1-6H,(H,25,27)(H,26,28). The van der Waals surface area contributed by atoms with Crippen LogP contribution in [-0.2, 0) is 21.9 Å². The van der Waals surface area contributed by atoms with Crippen LogP contribution >= 0.6 is 23.2 Å². The van der Waals surface area contributed by atoms with Crippen LogP contribution in [-0.4, -0.2) is 11.8 Å². The quantitative estimate of drug-likeness (QED) is 0.467. The second-order valence-corrected chi connectivity index (χ2v) is 6.15. The Balaban J connectivity index is 2.24. The number of hydrogen-bond acceptors (Lipinski definition) is 2. The van der Waals surface area contributed by atoms with Crippen molar-refractivity contribution in [1.82, 2.24) is 0 Å². The topological polar surface area (TPSA) is 58.2 Å². The molecule has 0 saturated heterocycles. The van der Waals surface area contributed by atoms with Gasteiger partial charge in [0.15, 0.2) is 0 Å². The van der Waals surface area contributed by atoms with E-state index in [0.29, 0.717) is 0 Å². The summed E-state index contributed by atoms with van der Waals surface area (Å²) in [5, 5.41) is 3.99. The fourth-order valence-corrected chi connectivity index (χ4v) is 2.27. The number of carbonyl (C=O) groups excluding carboxylic acids is 2. The Bertz CT molecular complexity index is 896. The lowest BCUT2D eigenvalue weighted by Crippen LogP contribution is -2.29.